The Balaban J connectivity index is 1.24. The molecule has 44 heavy (non-hydrogen) atoms. The van der Waals surface area contributed by atoms with Crippen molar-refractivity contribution in [3.8, 4) is 11.1 Å². The molecule has 15 heteroatoms. The number of carbonyl (C=O) groups is 2. The van der Waals surface area contributed by atoms with Gasteiger partial charge >= 0.3 is 13.0 Å². The molecule has 3 atom stereocenters. The smallest absolute Gasteiger partial charge is 0.410 e. The fraction of sp³-hybridized carbons (Fsp3) is 0.345. The van der Waals surface area contributed by atoms with Crippen LogP contribution in [-0.4, -0.2) is 87.6 Å². The van der Waals surface area contributed by atoms with Gasteiger partial charge < -0.3 is 24.2 Å². The monoisotopic (exact) mass is 639 g/mol. The van der Waals surface area contributed by atoms with E-state index in [1.165, 1.54) is 29.1 Å². The van der Waals surface area contributed by atoms with Crippen LogP contribution in [-0.2, 0) is 23.4 Å². The molecule has 13 nitrogen and oxygen atoms in total. The average molecular weight is 640 g/mol. The molecule has 2 aromatic carbocycles. The molecule has 1 fully saturated rings. The number of ether oxygens (including phenoxy) is 2. The topological polar surface area (TPSA) is 141 Å². The average Bonchev–Trinajstić information content (AvgIpc) is 3.59. The van der Waals surface area contributed by atoms with Gasteiger partial charge in [-0.25, -0.2) is 24.4 Å². The fourth-order valence-electron chi connectivity index (χ4n) is 5.51. The van der Waals surface area contributed by atoms with Crippen LogP contribution < -0.4 is 5.32 Å². The number of morpholine rings is 1. The van der Waals surface area contributed by atoms with Gasteiger partial charge in [0, 0.05) is 12.8 Å². The Hall–Kier alpha value is -3.87. The van der Waals surface area contributed by atoms with Crippen LogP contribution >= 0.6 is 18.1 Å². The molecule has 1 aliphatic heterocycles. The SMILES string of the molecule is CC(=O)Nc1ncnc2c1ncn2C1CN(C(=O)OCC2c3ccccc3-c3ccccc32)CC(COP(=O)(Cl)N(C)C)O1. The van der Waals surface area contributed by atoms with Gasteiger partial charge in [0.25, 0.3) is 0 Å². The standard InChI is InChI=1S/C29H31ClN7O6P/c1-18(38)34-27-26-28(32-16-31-27)37(17-33-26)25-13-36(12-19(43-25)14-42-44(30,40)35(2)3)29(39)41-15-24-22-10-6-4-8-20(22)21-9-5-7-11-23(21)24/h4-11,16-17,19,24-25H,12-15H2,1-3H3,(H,31,32,34,38). The summed E-state index contributed by atoms with van der Waals surface area (Å²) in [7, 11) is 3.09. The Morgan fingerprint density at radius 3 is 2.39 bits per heavy atom. The van der Waals surface area contributed by atoms with Crippen molar-refractivity contribution in [2.24, 2.45) is 0 Å². The summed E-state index contributed by atoms with van der Waals surface area (Å²) < 4.78 is 33.4. The molecule has 4 aromatic rings. The Labute approximate surface area is 258 Å². The molecule has 230 valence electrons. The lowest BCUT2D eigenvalue weighted by Crippen LogP contribution is -2.50. The number of halogens is 1. The van der Waals surface area contributed by atoms with Crippen molar-refractivity contribution in [3.05, 3.63) is 72.3 Å². The first-order valence-electron chi connectivity index (χ1n) is 13.9. The molecule has 3 unspecified atom stereocenters. The second kappa shape index (κ2) is 12.3. The van der Waals surface area contributed by atoms with Gasteiger partial charge in [-0.15, -0.1) is 0 Å². The third kappa shape index (κ3) is 5.93. The van der Waals surface area contributed by atoms with E-state index in [2.05, 4.69) is 44.5 Å². The molecule has 0 bridgehead atoms. The molecule has 1 aliphatic carbocycles. The number of aromatic nitrogens is 4. The van der Waals surface area contributed by atoms with E-state index in [1.807, 2.05) is 24.3 Å². The van der Waals surface area contributed by atoms with Gasteiger partial charge in [-0.05, 0) is 47.6 Å². The molecule has 1 saturated heterocycles. The van der Waals surface area contributed by atoms with Gasteiger partial charge in [0.05, 0.1) is 26.0 Å². The third-order valence-electron chi connectivity index (χ3n) is 7.61. The number of fused-ring (bicyclic) bond motifs is 4. The minimum Gasteiger partial charge on any atom is -0.448 e. The van der Waals surface area contributed by atoms with Crippen molar-refractivity contribution >= 4 is 47.1 Å². The molecule has 2 aliphatic rings. The first kappa shape index (κ1) is 30.2. The first-order valence-corrected chi connectivity index (χ1v) is 16.4. The first-order chi connectivity index (χ1) is 21.1. The number of nitrogens with zero attached hydrogens (tertiary/aromatic N) is 6. The summed E-state index contributed by atoms with van der Waals surface area (Å²) in [6.07, 6.45) is 0.789. The van der Waals surface area contributed by atoms with Crippen LogP contribution in [0.25, 0.3) is 22.3 Å². The molecule has 0 radical (unpaired) electrons. The zero-order valence-corrected chi connectivity index (χ0v) is 25.9. The van der Waals surface area contributed by atoms with Crippen molar-refractivity contribution in [2.45, 2.75) is 25.2 Å². The van der Waals surface area contributed by atoms with Crippen LogP contribution in [0.4, 0.5) is 10.6 Å². The summed E-state index contributed by atoms with van der Waals surface area (Å²) >= 11 is 6.10. The van der Waals surface area contributed by atoms with Crippen molar-refractivity contribution < 1.29 is 28.2 Å². The fourth-order valence-corrected chi connectivity index (χ4v) is 6.26. The van der Waals surface area contributed by atoms with Gasteiger partial charge in [0.2, 0.25) is 5.91 Å². The highest BCUT2D eigenvalue weighted by Crippen LogP contribution is 2.54. The predicted molar refractivity (Wildman–Crippen MR) is 163 cm³/mol. The van der Waals surface area contributed by atoms with Crippen LogP contribution in [0.15, 0.2) is 61.2 Å². The molecule has 2 aromatic heterocycles. The molecular formula is C29H31ClN7O6P. The highest BCUT2D eigenvalue weighted by atomic mass is 35.7. The number of rotatable bonds is 8. The molecular weight excluding hydrogens is 609 g/mol. The second-order valence-corrected chi connectivity index (χ2v) is 14.0. The zero-order chi connectivity index (χ0) is 31.0. The van der Waals surface area contributed by atoms with Gasteiger partial charge in [-0.3, -0.25) is 13.9 Å². The van der Waals surface area contributed by atoms with Gasteiger partial charge in [-0.2, -0.15) is 0 Å². The van der Waals surface area contributed by atoms with Gasteiger partial charge in [0.1, 0.15) is 19.0 Å². The Morgan fingerprint density at radius 1 is 1.05 bits per heavy atom. The summed E-state index contributed by atoms with van der Waals surface area (Å²) in [5.74, 6) is -0.163. The minimum absolute atomic E-state index is 0.102. The van der Waals surface area contributed by atoms with E-state index >= 15 is 0 Å². The van der Waals surface area contributed by atoms with E-state index in [9.17, 15) is 14.2 Å². The number of anilines is 1. The lowest BCUT2D eigenvalue weighted by Gasteiger charge is -2.38. The van der Waals surface area contributed by atoms with Crippen LogP contribution in [0.2, 0.25) is 0 Å². The van der Waals surface area contributed by atoms with Crippen molar-refractivity contribution in [3.63, 3.8) is 0 Å². The van der Waals surface area contributed by atoms with Gasteiger partial charge in [-0.1, -0.05) is 48.5 Å². The van der Waals surface area contributed by atoms with E-state index in [1.54, 1.807) is 18.7 Å². The van der Waals surface area contributed by atoms with Crippen LogP contribution in [0, 0.1) is 0 Å². The molecule has 1 N–H and O–H groups in total. The Morgan fingerprint density at radius 2 is 1.73 bits per heavy atom. The number of hydrogen-bond donors (Lipinski definition) is 1. The zero-order valence-electron chi connectivity index (χ0n) is 24.3. The van der Waals surface area contributed by atoms with E-state index < -0.39 is 25.3 Å². The number of benzene rings is 2. The molecule has 6 rings (SSSR count). The number of nitrogens with one attached hydrogen (secondary N) is 1. The number of carbonyl (C=O) groups excluding carboxylic acids is 2. The van der Waals surface area contributed by atoms with Crippen molar-refractivity contribution in [2.75, 3.05) is 45.7 Å². The summed E-state index contributed by atoms with van der Waals surface area (Å²) in [6, 6.07) is 16.2. The summed E-state index contributed by atoms with van der Waals surface area (Å²) in [6.45, 7) is -2.02. The molecule has 3 heterocycles. The van der Waals surface area contributed by atoms with E-state index in [0.717, 1.165) is 22.3 Å². The highest BCUT2D eigenvalue weighted by molar-refractivity contribution is 7.83. The maximum absolute atomic E-state index is 13.6. The summed E-state index contributed by atoms with van der Waals surface area (Å²) in [5, 5.41) is 2.64. The minimum atomic E-state index is -3.59. The molecule has 2 amide bonds. The van der Waals surface area contributed by atoms with Crippen LogP contribution in [0.1, 0.15) is 30.2 Å². The summed E-state index contributed by atoms with van der Waals surface area (Å²) in [4.78, 5) is 39.6. The second-order valence-electron chi connectivity index (χ2n) is 10.7. The largest absolute Gasteiger partial charge is 0.448 e. The van der Waals surface area contributed by atoms with Crippen LogP contribution in [0.3, 0.4) is 0 Å². The predicted octanol–water partition coefficient (Wildman–Crippen LogP) is 4.86. The van der Waals surface area contributed by atoms with Gasteiger partial charge in [0.15, 0.2) is 23.2 Å². The Kier molecular flexibility index (Phi) is 8.40. The van der Waals surface area contributed by atoms with Crippen LogP contribution in [0.5, 0.6) is 0 Å². The maximum Gasteiger partial charge on any atom is 0.410 e. The molecule has 0 spiro atoms. The lowest BCUT2D eigenvalue weighted by atomic mass is 9.98. The number of imidazole rings is 1. The quantitative estimate of drug-likeness (QED) is 0.266. The third-order valence-corrected chi connectivity index (χ3v) is 10.2. The molecule has 0 saturated carbocycles. The maximum atomic E-state index is 13.6. The number of amides is 2. The number of hydrogen-bond acceptors (Lipinski definition) is 9. The normalized spacial score (nSPS) is 19.4. The van der Waals surface area contributed by atoms with E-state index in [4.69, 9.17) is 25.2 Å². The summed E-state index contributed by atoms with van der Waals surface area (Å²) in [5.41, 5.74) is 5.22. The highest BCUT2D eigenvalue weighted by Gasteiger charge is 2.37. The Bertz CT molecular complexity index is 1720. The lowest BCUT2D eigenvalue weighted by molar-refractivity contribution is -0.124. The van der Waals surface area contributed by atoms with Crippen molar-refractivity contribution in [1.29, 1.82) is 0 Å². The van der Waals surface area contributed by atoms with E-state index in [0.29, 0.717) is 11.2 Å². The van der Waals surface area contributed by atoms with E-state index in [-0.39, 0.29) is 43.9 Å². The van der Waals surface area contributed by atoms with Crippen molar-refractivity contribution in [1.82, 2.24) is 29.1 Å².